The van der Waals surface area contributed by atoms with Crippen LogP contribution in [-0.2, 0) is 0 Å². The molecule has 2 aromatic rings. The third-order valence-electron chi connectivity index (χ3n) is 3.76. The Labute approximate surface area is 144 Å². The molecule has 0 bridgehead atoms. The van der Waals surface area contributed by atoms with Crippen LogP contribution in [0.25, 0.3) is 0 Å². The van der Waals surface area contributed by atoms with Gasteiger partial charge in [-0.2, -0.15) is 5.26 Å². The van der Waals surface area contributed by atoms with Crippen LogP contribution in [0.3, 0.4) is 0 Å². The molecular formula is C21H24N2O. The van der Waals surface area contributed by atoms with Crippen molar-refractivity contribution < 1.29 is 4.74 Å². The van der Waals surface area contributed by atoms with Crippen LogP contribution < -0.4 is 4.74 Å². The third-order valence-corrected chi connectivity index (χ3v) is 3.76. The molecular weight excluding hydrogens is 296 g/mol. The van der Waals surface area contributed by atoms with Crippen LogP contribution in [-0.4, -0.2) is 12.8 Å². The molecule has 3 nitrogen and oxygen atoms in total. The number of nitrogens with zero attached hydrogens (tertiary/aromatic N) is 2. The minimum Gasteiger partial charge on any atom is -0.494 e. The minimum atomic E-state index is 0.644. The van der Waals surface area contributed by atoms with Gasteiger partial charge >= 0.3 is 0 Å². The van der Waals surface area contributed by atoms with Gasteiger partial charge in [0.25, 0.3) is 0 Å². The first-order valence-electron chi connectivity index (χ1n) is 8.59. The summed E-state index contributed by atoms with van der Waals surface area (Å²) in [4.78, 5) is 4.41. The van der Waals surface area contributed by atoms with Crippen molar-refractivity contribution in [1.29, 1.82) is 5.26 Å². The van der Waals surface area contributed by atoms with E-state index in [4.69, 9.17) is 10.00 Å². The van der Waals surface area contributed by atoms with E-state index in [-0.39, 0.29) is 0 Å². The molecule has 0 aliphatic rings. The monoisotopic (exact) mass is 320 g/mol. The van der Waals surface area contributed by atoms with Crippen molar-refractivity contribution in [2.75, 3.05) is 6.61 Å². The SMILES string of the molecule is CCCCCCCOc1ccc(C=Nc2ccc(C#N)cc2)cc1. The molecule has 0 aliphatic carbocycles. The predicted octanol–water partition coefficient (Wildman–Crippen LogP) is 5.66. The fourth-order valence-corrected chi connectivity index (χ4v) is 2.32. The van der Waals surface area contributed by atoms with E-state index in [9.17, 15) is 0 Å². The Bertz CT molecular complexity index is 666. The molecule has 0 amide bonds. The maximum Gasteiger partial charge on any atom is 0.119 e. The molecule has 124 valence electrons. The van der Waals surface area contributed by atoms with Gasteiger partial charge in [0.05, 0.1) is 23.9 Å². The largest absolute Gasteiger partial charge is 0.494 e. The van der Waals surface area contributed by atoms with E-state index in [1.165, 1.54) is 25.7 Å². The molecule has 0 N–H and O–H groups in total. The summed E-state index contributed by atoms with van der Waals surface area (Å²) in [5.41, 5.74) is 2.50. The molecule has 0 atom stereocenters. The maximum absolute atomic E-state index is 8.78. The van der Waals surface area contributed by atoms with Crippen molar-refractivity contribution in [3.05, 3.63) is 59.7 Å². The van der Waals surface area contributed by atoms with Crippen molar-refractivity contribution in [2.24, 2.45) is 4.99 Å². The smallest absolute Gasteiger partial charge is 0.119 e. The van der Waals surface area contributed by atoms with E-state index in [0.717, 1.165) is 30.0 Å². The van der Waals surface area contributed by atoms with E-state index in [1.807, 2.05) is 42.6 Å². The van der Waals surface area contributed by atoms with Crippen molar-refractivity contribution in [2.45, 2.75) is 39.0 Å². The summed E-state index contributed by atoms with van der Waals surface area (Å²) < 4.78 is 5.75. The van der Waals surface area contributed by atoms with Crippen LogP contribution in [0.4, 0.5) is 5.69 Å². The fourth-order valence-electron chi connectivity index (χ4n) is 2.32. The first-order valence-corrected chi connectivity index (χ1v) is 8.59. The van der Waals surface area contributed by atoms with E-state index in [0.29, 0.717) is 5.56 Å². The van der Waals surface area contributed by atoms with Gasteiger partial charge in [-0.1, -0.05) is 32.6 Å². The summed E-state index contributed by atoms with van der Waals surface area (Å²) in [5.74, 6) is 0.904. The molecule has 0 spiro atoms. The molecule has 24 heavy (non-hydrogen) atoms. The summed E-state index contributed by atoms with van der Waals surface area (Å²) in [5, 5.41) is 8.78. The Morgan fingerprint density at radius 1 is 0.958 bits per heavy atom. The van der Waals surface area contributed by atoms with Gasteiger partial charge in [0, 0.05) is 6.21 Å². The standard InChI is InChI=1S/C21H24N2O/c1-2-3-4-5-6-15-24-21-13-9-19(10-14-21)17-23-20-11-7-18(16-22)8-12-20/h7-14,17H,2-6,15H2,1H3. The van der Waals surface area contributed by atoms with E-state index in [2.05, 4.69) is 18.0 Å². The highest BCUT2D eigenvalue weighted by Crippen LogP contribution is 2.15. The van der Waals surface area contributed by atoms with Crippen molar-refractivity contribution in [3.8, 4) is 11.8 Å². The second-order valence-corrected chi connectivity index (χ2v) is 5.75. The quantitative estimate of drug-likeness (QED) is 0.442. The zero-order valence-corrected chi connectivity index (χ0v) is 14.2. The second kappa shape index (κ2) is 10.2. The molecule has 0 radical (unpaired) electrons. The van der Waals surface area contributed by atoms with Gasteiger partial charge in [0.1, 0.15) is 5.75 Å². The van der Waals surface area contributed by atoms with E-state index in [1.54, 1.807) is 12.1 Å². The molecule has 0 saturated heterocycles. The lowest BCUT2D eigenvalue weighted by molar-refractivity contribution is 0.304. The van der Waals surface area contributed by atoms with E-state index < -0.39 is 0 Å². The number of hydrogen-bond donors (Lipinski definition) is 0. The molecule has 2 rings (SSSR count). The molecule has 3 heteroatoms. The molecule has 0 heterocycles. The van der Waals surface area contributed by atoms with Gasteiger partial charge in [-0.3, -0.25) is 4.99 Å². The van der Waals surface area contributed by atoms with Crippen molar-refractivity contribution >= 4 is 11.9 Å². The normalized spacial score (nSPS) is 10.7. The molecule has 0 saturated carbocycles. The minimum absolute atomic E-state index is 0.644. The summed E-state index contributed by atoms with van der Waals surface area (Å²) in [7, 11) is 0. The zero-order valence-electron chi connectivity index (χ0n) is 14.2. The Morgan fingerprint density at radius 2 is 1.67 bits per heavy atom. The number of nitriles is 1. The van der Waals surface area contributed by atoms with Crippen LogP contribution in [0, 0.1) is 11.3 Å². The van der Waals surface area contributed by atoms with Gasteiger partial charge in [0.15, 0.2) is 0 Å². The lowest BCUT2D eigenvalue weighted by atomic mass is 10.2. The highest BCUT2D eigenvalue weighted by Gasteiger charge is 1.96. The molecule has 0 unspecified atom stereocenters. The first kappa shape index (κ1) is 17.7. The number of hydrogen-bond acceptors (Lipinski definition) is 3. The van der Waals surface area contributed by atoms with Gasteiger partial charge in [0.2, 0.25) is 0 Å². The van der Waals surface area contributed by atoms with Crippen molar-refractivity contribution in [1.82, 2.24) is 0 Å². The van der Waals surface area contributed by atoms with Crippen LogP contribution in [0.5, 0.6) is 5.75 Å². The lowest BCUT2D eigenvalue weighted by Gasteiger charge is -2.06. The Balaban J connectivity index is 1.78. The Morgan fingerprint density at radius 3 is 2.33 bits per heavy atom. The highest BCUT2D eigenvalue weighted by molar-refractivity contribution is 5.82. The van der Waals surface area contributed by atoms with Crippen molar-refractivity contribution in [3.63, 3.8) is 0 Å². The highest BCUT2D eigenvalue weighted by atomic mass is 16.5. The Hall–Kier alpha value is -2.60. The number of aliphatic imine (C=N–C) groups is 1. The molecule has 2 aromatic carbocycles. The number of ether oxygens (including phenoxy) is 1. The number of unbranched alkanes of at least 4 members (excludes halogenated alkanes) is 4. The predicted molar refractivity (Wildman–Crippen MR) is 99.1 cm³/mol. The summed E-state index contributed by atoms with van der Waals surface area (Å²) in [6, 6.07) is 17.3. The fraction of sp³-hybridized carbons (Fsp3) is 0.333. The first-order chi connectivity index (χ1) is 11.8. The summed E-state index contributed by atoms with van der Waals surface area (Å²) in [6.45, 7) is 3.01. The summed E-state index contributed by atoms with van der Waals surface area (Å²) in [6.07, 6.45) is 8.05. The second-order valence-electron chi connectivity index (χ2n) is 5.75. The maximum atomic E-state index is 8.78. The van der Waals surface area contributed by atoms with Gasteiger partial charge in [-0.15, -0.1) is 0 Å². The molecule has 0 aliphatic heterocycles. The molecule has 0 fully saturated rings. The van der Waals surface area contributed by atoms with Gasteiger partial charge < -0.3 is 4.74 Å². The average Bonchev–Trinajstić information content (AvgIpc) is 2.64. The van der Waals surface area contributed by atoms with Gasteiger partial charge in [-0.25, -0.2) is 0 Å². The van der Waals surface area contributed by atoms with Crippen LogP contribution >= 0.6 is 0 Å². The molecule has 0 aromatic heterocycles. The van der Waals surface area contributed by atoms with Gasteiger partial charge in [-0.05, 0) is 60.5 Å². The van der Waals surface area contributed by atoms with Crippen LogP contribution in [0.15, 0.2) is 53.5 Å². The summed E-state index contributed by atoms with van der Waals surface area (Å²) >= 11 is 0. The van der Waals surface area contributed by atoms with Crippen LogP contribution in [0.1, 0.15) is 50.2 Å². The number of rotatable bonds is 9. The number of benzene rings is 2. The average molecular weight is 320 g/mol. The zero-order chi connectivity index (χ0) is 17.0. The lowest BCUT2D eigenvalue weighted by Crippen LogP contribution is -1.97. The Kier molecular flexibility index (Phi) is 7.56. The topological polar surface area (TPSA) is 45.4 Å². The van der Waals surface area contributed by atoms with E-state index >= 15 is 0 Å². The van der Waals surface area contributed by atoms with Crippen LogP contribution in [0.2, 0.25) is 0 Å². The third kappa shape index (κ3) is 6.26.